The number of rotatable bonds is 8. The van der Waals surface area contributed by atoms with Gasteiger partial charge < -0.3 is 5.32 Å². The Labute approximate surface area is 141 Å². The first-order chi connectivity index (χ1) is 11.5. The first-order valence-corrected chi connectivity index (χ1v) is 8.02. The molecule has 0 saturated carbocycles. The van der Waals surface area contributed by atoms with Crippen LogP contribution in [0.1, 0.15) is 17.5 Å². The van der Waals surface area contributed by atoms with Gasteiger partial charge in [-0.3, -0.25) is 4.90 Å². The molecule has 1 N–H and O–H groups in total. The maximum Gasteiger partial charge on any atom is 0.404 e. The van der Waals surface area contributed by atoms with Gasteiger partial charge in [-0.15, -0.1) is 0 Å². The second-order valence-corrected chi connectivity index (χ2v) is 5.91. The second kappa shape index (κ2) is 8.85. The largest absolute Gasteiger partial charge is 0.404 e. The molecule has 0 amide bonds. The molecule has 0 radical (unpaired) electrons. The fourth-order valence-corrected chi connectivity index (χ4v) is 2.68. The molecular weight excluding hydrogens is 313 g/mol. The van der Waals surface area contributed by atoms with Crippen LogP contribution in [0.5, 0.6) is 0 Å². The molecule has 0 fully saturated rings. The van der Waals surface area contributed by atoms with Crippen molar-refractivity contribution < 1.29 is 13.2 Å². The number of nitrogens with one attached hydrogen (secondary N) is 1. The molecule has 5 heteroatoms. The van der Waals surface area contributed by atoms with E-state index in [9.17, 15) is 13.2 Å². The standard InChI is InChI=1S/C19H23F3N2/c1-24(15-17-10-6-3-7-11-17)18(19(20,21)22)12-13-23-14-16-8-4-2-5-9-16/h2-11,18,23H,12-15H2,1H3. The summed E-state index contributed by atoms with van der Waals surface area (Å²) >= 11 is 0. The average Bonchev–Trinajstić information content (AvgIpc) is 2.55. The van der Waals surface area contributed by atoms with Crippen LogP contribution >= 0.6 is 0 Å². The van der Waals surface area contributed by atoms with E-state index >= 15 is 0 Å². The number of halogens is 3. The highest BCUT2D eigenvalue weighted by Crippen LogP contribution is 2.27. The van der Waals surface area contributed by atoms with Crippen molar-refractivity contribution in [1.29, 1.82) is 0 Å². The van der Waals surface area contributed by atoms with Gasteiger partial charge in [0.05, 0.1) is 0 Å². The van der Waals surface area contributed by atoms with Gasteiger partial charge in [0, 0.05) is 13.1 Å². The van der Waals surface area contributed by atoms with Crippen molar-refractivity contribution in [2.24, 2.45) is 0 Å². The summed E-state index contributed by atoms with van der Waals surface area (Å²) in [7, 11) is 1.53. The molecule has 0 aliphatic carbocycles. The number of alkyl halides is 3. The van der Waals surface area contributed by atoms with Crippen LogP contribution in [0.4, 0.5) is 13.2 Å². The van der Waals surface area contributed by atoms with Crippen molar-refractivity contribution in [2.45, 2.75) is 31.7 Å². The van der Waals surface area contributed by atoms with Crippen LogP contribution in [0.3, 0.4) is 0 Å². The van der Waals surface area contributed by atoms with Crippen molar-refractivity contribution in [3.05, 3.63) is 71.8 Å². The molecule has 0 bridgehead atoms. The third kappa shape index (κ3) is 5.98. The summed E-state index contributed by atoms with van der Waals surface area (Å²) in [4.78, 5) is 1.37. The second-order valence-electron chi connectivity index (χ2n) is 5.91. The fraction of sp³-hybridized carbons (Fsp3) is 0.368. The molecule has 1 atom stereocenters. The van der Waals surface area contributed by atoms with Gasteiger partial charge >= 0.3 is 6.18 Å². The summed E-state index contributed by atoms with van der Waals surface area (Å²) in [6, 6.07) is 17.4. The van der Waals surface area contributed by atoms with E-state index in [1.165, 1.54) is 11.9 Å². The summed E-state index contributed by atoms with van der Waals surface area (Å²) < 4.78 is 40.1. The van der Waals surface area contributed by atoms with Crippen LogP contribution in [0.2, 0.25) is 0 Å². The molecule has 2 aromatic rings. The summed E-state index contributed by atoms with van der Waals surface area (Å²) in [6.45, 7) is 1.18. The Bertz CT molecular complexity index is 585. The lowest BCUT2D eigenvalue weighted by Crippen LogP contribution is -2.44. The zero-order chi connectivity index (χ0) is 17.4. The maximum absolute atomic E-state index is 13.4. The Morgan fingerprint density at radius 3 is 2.00 bits per heavy atom. The molecule has 2 aromatic carbocycles. The molecule has 2 nitrogen and oxygen atoms in total. The Balaban J connectivity index is 1.86. The molecule has 0 heterocycles. The zero-order valence-corrected chi connectivity index (χ0v) is 13.8. The van der Waals surface area contributed by atoms with E-state index in [4.69, 9.17) is 0 Å². The van der Waals surface area contributed by atoms with Gasteiger partial charge in [0.2, 0.25) is 0 Å². The van der Waals surface area contributed by atoms with Crippen LogP contribution in [0.15, 0.2) is 60.7 Å². The number of hydrogen-bond acceptors (Lipinski definition) is 2. The highest BCUT2D eigenvalue weighted by atomic mass is 19.4. The Hall–Kier alpha value is -1.85. The molecule has 1 unspecified atom stereocenters. The Morgan fingerprint density at radius 1 is 0.917 bits per heavy atom. The Kier molecular flexibility index (Phi) is 6.82. The molecule has 2 rings (SSSR count). The lowest BCUT2D eigenvalue weighted by molar-refractivity contribution is -0.183. The monoisotopic (exact) mass is 336 g/mol. The van der Waals surface area contributed by atoms with E-state index in [1.54, 1.807) is 0 Å². The third-order valence-corrected chi connectivity index (χ3v) is 3.95. The molecule has 0 aromatic heterocycles. The molecule has 0 saturated heterocycles. The van der Waals surface area contributed by atoms with Crippen molar-refractivity contribution >= 4 is 0 Å². The number of benzene rings is 2. The highest BCUT2D eigenvalue weighted by molar-refractivity contribution is 5.15. The minimum absolute atomic E-state index is 0.0274. The molecular formula is C19H23F3N2. The SMILES string of the molecule is CN(Cc1ccccc1)C(CCNCc1ccccc1)C(F)(F)F. The van der Waals surface area contributed by atoms with Gasteiger partial charge in [0.1, 0.15) is 6.04 Å². The summed E-state index contributed by atoms with van der Waals surface area (Å²) in [5, 5.41) is 3.10. The predicted octanol–water partition coefficient (Wildman–Crippen LogP) is 4.23. The Morgan fingerprint density at radius 2 is 1.46 bits per heavy atom. The minimum Gasteiger partial charge on any atom is -0.313 e. The van der Waals surface area contributed by atoms with Gasteiger partial charge in [0.25, 0.3) is 0 Å². The van der Waals surface area contributed by atoms with Crippen LogP contribution in [0.25, 0.3) is 0 Å². The fourth-order valence-electron chi connectivity index (χ4n) is 2.68. The van der Waals surface area contributed by atoms with E-state index in [0.29, 0.717) is 13.1 Å². The van der Waals surface area contributed by atoms with E-state index in [0.717, 1.165) is 11.1 Å². The third-order valence-electron chi connectivity index (χ3n) is 3.95. The maximum atomic E-state index is 13.4. The van der Waals surface area contributed by atoms with Crippen LogP contribution in [-0.4, -0.2) is 30.7 Å². The van der Waals surface area contributed by atoms with Crippen molar-refractivity contribution in [3.8, 4) is 0 Å². The highest BCUT2D eigenvalue weighted by Gasteiger charge is 2.41. The normalized spacial score (nSPS) is 13.2. The van der Waals surface area contributed by atoms with Gasteiger partial charge in [-0.2, -0.15) is 13.2 Å². The van der Waals surface area contributed by atoms with Crippen molar-refractivity contribution in [2.75, 3.05) is 13.6 Å². The number of nitrogens with zero attached hydrogens (tertiary/aromatic N) is 1. The zero-order valence-electron chi connectivity index (χ0n) is 13.8. The lowest BCUT2D eigenvalue weighted by Gasteiger charge is -2.30. The van der Waals surface area contributed by atoms with Crippen LogP contribution in [0, 0.1) is 0 Å². The van der Waals surface area contributed by atoms with Crippen molar-refractivity contribution in [3.63, 3.8) is 0 Å². The smallest absolute Gasteiger partial charge is 0.313 e. The molecule has 24 heavy (non-hydrogen) atoms. The van der Waals surface area contributed by atoms with E-state index in [1.807, 2.05) is 60.7 Å². The first-order valence-electron chi connectivity index (χ1n) is 8.02. The number of hydrogen-bond donors (Lipinski definition) is 1. The van der Waals surface area contributed by atoms with Crippen molar-refractivity contribution in [1.82, 2.24) is 10.2 Å². The molecule has 0 aliphatic rings. The predicted molar refractivity (Wildman–Crippen MR) is 90.5 cm³/mol. The summed E-state index contributed by atoms with van der Waals surface area (Å²) in [6.07, 6.45) is -4.21. The summed E-state index contributed by atoms with van der Waals surface area (Å²) in [5.41, 5.74) is 1.95. The summed E-state index contributed by atoms with van der Waals surface area (Å²) in [5.74, 6) is 0. The van der Waals surface area contributed by atoms with E-state index < -0.39 is 12.2 Å². The van der Waals surface area contributed by atoms with Gasteiger partial charge in [0.15, 0.2) is 0 Å². The minimum atomic E-state index is -4.24. The molecule has 0 spiro atoms. The van der Waals surface area contributed by atoms with Gasteiger partial charge in [-0.25, -0.2) is 0 Å². The molecule has 130 valence electrons. The van der Waals surface area contributed by atoms with Gasteiger partial charge in [-0.05, 0) is 31.1 Å². The topological polar surface area (TPSA) is 15.3 Å². The van der Waals surface area contributed by atoms with Crippen LogP contribution in [-0.2, 0) is 13.1 Å². The first kappa shape index (κ1) is 18.5. The van der Waals surface area contributed by atoms with Gasteiger partial charge in [-0.1, -0.05) is 60.7 Å². The average molecular weight is 336 g/mol. The van der Waals surface area contributed by atoms with Crippen LogP contribution < -0.4 is 5.32 Å². The van der Waals surface area contributed by atoms with E-state index in [2.05, 4.69) is 5.32 Å². The quantitative estimate of drug-likeness (QED) is 0.726. The lowest BCUT2D eigenvalue weighted by atomic mass is 10.1. The molecule has 0 aliphatic heterocycles. The van der Waals surface area contributed by atoms with E-state index in [-0.39, 0.29) is 13.0 Å².